The third-order valence-electron chi connectivity index (χ3n) is 20.0. The first-order valence-corrected chi connectivity index (χ1v) is 45.8. The van der Waals surface area contributed by atoms with Gasteiger partial charge < -0.3 is 33.8 Å². The van der Waals surface area contributed by atoms with E-state index in [9.17, 15) is 43.2 Å². The summed E-state index contributed by atoms with van der Waals surface area (Å²) in [4.78, 5) is 73.1. The molecule has 0 rings (SSSR count). The van der Waals surface area contributed by atoms with Gasteiger partial charge in [-0.3, -0.25) is 37.3 Å². The van der Waals surface area contributed by atoms with Crippen LogP contribution in [-0.4, -0.2) is 96.7 Å². The van der Waals surface area contributed by atoms with Gasteiger partial charge in [-0.2, -0.15) is 0 Å². The van der Waals surface area contributed by atoms with E-state index in [1.165, 1.54) is 225 Å². The Morgan fingerprint density at radius 2 is 0.471 bits per heavy atom. The highest BCUT2D eigenvalue weighted by Gasteiger charge is 2.30. The second-order valence-electron chi connectivity index (χ2n) is 31.3. The summed E-state index contributed by atoms with van der Waals surface area (Å²) in [5, 5.41) is 10.6. The summed E-state index contributed by atoms with van der Waals surface area (Å²) in [7, 11) is -9.92. The monoisotopic (exact) mass is 1490 g/mol. The second kappa shape index (κ2) is 72.0. The van der Waals surface area contributed by atoms with Crippen LogP contribution in [0.1, 0.15) is 428 Å². The molecule has 0 aliphatic carbocycles. The minimum absolute atomic E-state index is 0.106. The average molecular weight is 1490 g/mol. The van der Waals surface area contributed by atoms with Crippen LogP contribution in [0.5, 0.6) is 0 Å². The third kappa shape index (κ3) is 73.6. The lowest BCUT2D eigenvalue weighted by Gasteiger charge is -2.21. The molecule has 19 heteroatoms. The molecule has 0 radical (unpaired) electrons. The van der Waals surface area contributed by atoms with Crippen molar-refractivity contribution in [3.8, 4) is 0 Å². The summed E-state index contributed by atoms with van der Waals surface area (Å²) in [6.45, 7) is 14.3. The number of ether oxygens (including phenoxy) is 4. The number of phosphoric ester groups is 2. The normalized spacial score (nSPS) is 14.5. The average Bonchev–Trinajstić information content (AvgIpc) is 0.937. The SMILES string of the molecule is CCC(C)CCCCCCCCCCCCCCCCC(=O)O[C@H](COC(=O)CCCCCCCCC(C)CC)COP(=O)(O)OC[C@H](O)COP(=O)(O)OC[C@@H](COC(=O)CCCCCCCCCCCCCCCCCCCCC(C)C)OC(=O)CCCCCCCCCCCCC(C)C. The Balaban J connectivity index is 5.19. The van der Waals surface area contributed by atoms with Gasteiger partial charge >= 0.3 is 39.5 Å². The van der Waals surface area contributed by atoms with E-state index in [0.29, 0.717) is 25.7 Å². The Labute approximate surface area is 626 Å². The molecule has 3 N–H and O–H groups in total. The van der Waals surface area contributed by atoms with Crippen LogP contribution in [-0.2, 0) is 65.4 Å². The highest BCUT2D eigenvalue weighted by atomic mass is 31.2. The molecule has 0 aromatic carbocycles. The molecule has 0 aromatic heterocycles. The molecule has 0 saturated heterocycles. The second-order valence-corrected chi connectivity index (χ2v) is 34.2. The van der Waals surface area contributed by atoms with E-state index < -0.39 is 97.5 Å². The van der Waals surface area contributed by atoms with Crippen LogP contribution in [0.3, 0.4) is 0 Å². The number of rotatable bonds is 80. The highest BCUT2D eigenvalue weighted by molar-refractivity contribution is 7.47. The maximum absolute atomic E-state index is 13.1. The molecule has 0 aliphatic heterocycles. The summed E-state index contributed by atoms with van der Waals surface area (Å²) < 4.78 is 68.8. The van der Waals surface area contributed by atoms with Gasteiger partial charge in [-0.05, 0) is 49.4 Å². The molecule has 0 heterocycles. The van der Waals surface area contributed by atoms with Crippen LogP contribution >= 0.6 is 15.6 Å². The lowest BCUT2D eigenvalue weighted by atomic mass is 9.99. The summed E-state index contributed by atoms with van der Waals surface area (Å²) in [6, 6.07) is 0. The van der Waals surface area contributed by atoms with Gasteiger partial charge in [0.1, 0.15) is 19.3 Å². The van der Waals surface area contributed by atoms with Crippen molar-refractivity contribution >= 4 is 39.5 Å². The zero-order chi connectivity index (χ0) is 75.3. The minimum Gasteiger partial charge on any atom is -0.462 e. The lowest BCUT2D eigenvalue weighted by Crippen LogP contribution is -2.30. The van der Waals surface area contributed by atoms with Crippen LogP contribution in [0.25, 0.3) is 0 Å². The number of aliphatic hydroxyl groups excluding tert-OH is 1. The van der Waals surface area contributed by atoms with Crippen LogP contribution in [0.15, 0.2) is 0 Å². The Hall–Kier alpha value is -1.94. The van der Waals surface area contributed by atoms with E-state index in [1.54, 1.807) is 0 Å². The molecule has 0 saturated carbocycles. The van der Waals surface area contributed by atoms with Gasteiger partial charge in [0.15, 0.2) is 12.2 Å². The van der Waals surface area contributed by atoms with Crippen molar-refractivity contribution in [2.45, 2.75) is 446 Å². The third-order valence-corrected chi connectivity index (χ3v) is 21.9. The van der Waals surface area contributed by atoms with Crippen LogP contribution in [0, 0.1) is 23.7 Å². The van der Waals surface area contributed by atoms with Crippen molar-refractivity contribution < 1.29 is 80.2 Å². The predicted octanol–water partition coefficient (Wildman–Crippen LogP) is 24.8. The number of hydrogen-bond acceptors (Lipinski definition) is 15. The van der Waals surface area contributed by atoms with E-state index >= 15 is 0 Å². The molecule has 4 unspecified atom stereocenters. The zero-order valence-corrected chi connectivity index (χ0v) is 69.0. The van der Waals surface area contributed by atoms with Gasteiger partial charge in [0.05, 0.1) is 26.4 Å². The molecule has 0 aromatic rings. The van der Waals surface area contributed by atoms with E-state index in [1.807, 2.05) is 0 Å². The van der Waals surface area contributed by atoms with Crippen molar-refractivity contribution in [2.75, 3.05) is 39.6 Å². The molecule has 606 valence electrons. The molecule has 0 fully saturated rings. The summed E-state index contributed by atoms with van der Waals surface area (Å²) in [5.74, 6) is 1.04. The number of esters is 4. The Kier molecular flexibility index (Phi) is 70.6. The summed E-state index contributed by atoms with van der Waals surface area (Å²) >= 11 is 0. The van der Waals surface area contributed by atoms with E-state index in [-0.39, 0.29) is 25.7 Å². The van der Waals surface area contributed by atoms with Crippen molar-refractivity contribution in [1.82, 2.24) is 0 Å². The highest BCUT2D eigenvalue weighted by Crippen LogP contribution is 2.45. The van der Waals surface area contributed by atoms with Gasteiger partial charge in [-0.1, -0.05) is 376 Å². The standard InChI is InChI=1S/C83H162O17P2/c1-9-75(7)61-53-45-37-31-24-20-17-18-22-26-33-39-49-57-65-82(87)100-79(70-94-81(86)64-56-48-42-41-46-54-62-76(8)10-2)72-98-102(91,92)96-68-77(84)67-95-101(89,90)97-71-78(99-83(88)66-58-50-40-34-28-27-30-36-44-52-60-74(5)6)69-93-80(85)63-55-47-38-32-25-21-16-14-12-11-13-15-19-23-29-35-43-51-59-73(3)4/h73-79,84H,9-72H2,1-8H3,(H,89,90)(H,91,92)/t75?,76?,77-,78-,79-/m1/s1. The maximum Gasteiger partial charge on any atom is 0.472 e. The molecular formula is C83H162O17P2. The quantitative estimate of drug-likeness (QED) is 0.0222. The Morgan fingerprint density at radius 3 is 0.696 bits per heavy atom. The Morgan fingerprint density at radius 1 is 0.275 bits per heavy atom. The minimum atomic E-state index is -4.96. The predicted molar refractivity (Wildman–Crippen MR) is 418 cm³/mol. The first-order chi connectivity index (χ1) is 49.2. The number of carbonyl (C=O) groups is 4. The topological polar surface area (TPSA) is 237 Å². The Bertz CT molecular complexity index is 1990. The largest absolute Gasteiger partial charge is 0.472 e. The molecule has 7 atom stereocenters. The van der Waals surface area contributed by atoms with E-state index in [0.717, 1.165) is 120 Å². The van der Waals surface area contributed by atoms with Gasteiger partial charge in [0.25, 0.3) is 0 Å². The van der Waals surface area contributed by atoms with Crippen LogP contribution < -0.4 is 0 Å². The van der Waals surface area contributed by atoms with E-state index in [2.05, 4.69) is 55.4 Å². The van der Waals surface area contributed by atoms with Gasteiger partial charge in [0, 0.05) is 25.7 Å². The fraction of sp³-hybridized carbons (Fsp3) is 0.952. The maximum atomic E-state index is 13.1. The fourth-order valence-corrected chi connectivity index (χ4v) is 14.3. The van der Waals surface area contributed by atoms with Crippen LogP contribution in [0.4, 0.5) is 0 Å². The molecule has 0 amide bonds. The molecular weight excluding hydrogens is 1330 g/mol. The van der Waals surface area contributed by atoms with Crippen molar-refractivity contribution in [3.63, 3.8) is 0 Å². The lowest BCUT2D eigenvalue weighted by molar-refractivity contribution is -0.161. The van der Waals surface area contributed by atoms with Crippen molar-refractivity contribution in [2.24, 2.45) is 23.7 Å². The van der Waals surface area contributed by atoms with E-state index in [4.69, 9.17) is 37.0 Å². The number of phosphoric acid groups is 2. The zero-order valence-electron chi connectivity index (χ0n) is 67.2. The van der Waals surface area contributed by atoms with Gasteiger partial charge in [-0.25, -0.2) is 9.13 Å². The molecule has 0 aliphatic rings. The molecule has 17 nitrogen and oxygen atoms in total. The summed E-state index contributed by atoms with van der Waals surface area (Å²) in [6.07, 6.45) is 59.7. The number of carbonyl (C=O) groups excluding carboxylic acids is 4. The number of unbranched alkanes of at least 4 members (excludes halogenated alkanes) is 44. The smallest absolute Gasteiger partial charge is 0.462 e. The van der Waals surface area contributed by atoms with Crippen molar-refractivity contribution in [1.29, 1.82) is 0 Å². The fourth-order valence-electron chi connectivity index (χ4n) is 12.7. The molecule has 0 spiro atoms. The summed E-state index contributed by atoms with van der Waals surface area (Å²) in [5.41, 5.74) is 0. The number of hydrogen-bond donors (Lipinski definition) is 3. The first-order valence-electron chi connectivity index (χ1n) is 42.8. The molecule has 0 bridgehead atoms. The first kappa shape index (κ1) is 100. The van der Waals surface area contributed by atoms with Crippen LogP contribution in [0.2, 0.25) is 0 Å². The number of aliphatic hydroxyl groups is 1. The van der Waals surface area contributed by atoms with Gasteiger partial charge in [0.2, 0.25) is 0 Å². The molecule has 102 heavy (non-hydrogen) atoms. The van der Waals surface area contributed by atoms with Gasteiger partial charge in [-0.15, -0.1) is 0 Å². The van der Waals surface area contributed by atoms with Crippen molar-refractivity contribution in [3.05, 3.63) is 0 Å².